The molecule has 0 aliphatic carbocycles. The number of rotatable bonds is 8. The minimum absolute atomic E-state index is 0.0321. The molecule has 0 rings (SSSR count). The molecule has 0 heterocycles. The molecule has 0 fully saturated rings. The van der Waals surface area contributed by atoms with Crippen LogP contribution in [0.2, 0.25) is 0 Å². The van der Waals surface area contributed by atoms with Crippen LogP contribution in [0.15, 0.2) is 0 Å². The fourth-order valence-electron chi connectivity index (χ4n) is 1.82. The molecule has 0 aromatic heterocycles. The summed E-state index contributed by atoms with van der Waals surface area (Å²) in [6, 6.07) is 0.0184. The molecule has 3 N–H and O–H groups in total. The SMILES string of the molecule is CCC(CC)NC(=O)C(C)NC(C)(C)CCO. The lowest BCUT2D eigenvalue weighted by atomic mass is 10.00. The van der Waals surface area contributed by atoms with Gasteiger partial charge in [0, 0.05) is 18.2 Å². The molecule has 0 aliphatic rings. The highest BCUT2D eigenvalue weighted by Crippen LogP contribution is 2.09. The fourth-order valence-corrected chi connectivity index (χ4v) is 1.82. The maximum atomic E-state index is 11.9. The Bertz CT molecular complexity index is 225. The molecule has 0 spiro atoms. The molecular formula is C13H28N2O2. The van der Waals surface area contributed by atoms with E-state index >= 15 is 0 Å². The van der Waals surface area contributed by atoms with Crippen LogP contribution in [-0.4, -0.2) is 35.2 Å². The second kappa shape index (κ2) is 7.67. The lowest BCUT2D eigenvalue weighted by Gasteiger charge is -2.30. The minimum Gasteiger partial charge on any atom is -0.396 e. The number of hydrogen-bond donors (Lipinski definition) is 3. The van der Waals surface area contributed by atoms with Gasteiger partial charge in [-0.3, -0.25) is 4.79 Å². The molecule has 0 aromatic rings. The summed E-state index contributed by atoms with van der Waals surface area (Å²) in [5.41, 5.74) is -0.223. The van der Waals surface area contributed by atoms with Gasteiger partial charge in [0.1, 0.15) is 0 Å². The van der Waals surface area contributed by atoms with Crippen molar-refractivity contribution in [2.24, 2.45) is 0 Å². The number of nitrogens with one attached hydrogen (secondary N) is 2. The van der Waals surface area contributed by atoms with E-state index in [0.717, 1.165) is 12.8 Å². The molecule has 0 aromatic carbocycles. The van der Waals surface area contributed by atoms with E-state index in [1.807, 2.05) is 20.8 Å². The van der Waals surface area contributed by atoms with E-state index < -0.39 is 0 Å². The van der Waals surface area contributed by atoms with Gasteiger partial charge in [-0.2, -0.15) is 0 Å². The van der Waals surface area contributed by atoms with Crippen LogP contribution in [0.1, 0.15) is 53.9 Å². The quantitative estimate of drug-likeness (QED) is 0.605. The van der Waals surface area contributed by atoms with Gasteiger partial charge in [0.05, 0.1) is 6.04 Å². The van der Waals surface area contributed by atoms with E-state index in [4.69, 9.17) is 5.11 Å². The smallest absolute Gasteiger partial charge is 0.237 e. The van der Waals surface area contributed by atoms with Crippen LogP contribution in [0.25, 0.3) is 0 Å². The number of carbonyl (C=O) groups excluding carboxylic acids is 1. The van der Waals surface area contributed by atoms with Gasteiger partial charge < -0.3 is 15.7 Å². The van der Waals surface area contributed by atoms with Gasteiger partial charge in [-0.05, 0) is 40.0 Å². The van der Waals surface area contributed by atoms with Crippen molar-refractivity contribution < 1.29 is 9.90 Å². The lowest BCUT2D eigenvalue weighted by molar-refractivity contribution is -0.124. The zero-order valence-electron chi connectivity index (χ0n) is 11.8. The van der Waals surface area contributed by atoms with E-state index in [9.17, 15) is 4.79 Å². The minimum atomic E-state index is -0.239. The van der Waals surface area contributed by atoms with Crippen molar-refractivity contribution in [2.75, 3.05) is 6.61 Å². The number of aliphatic hydroxyl groups excluding tert-OH is 1. The van der Waals surface area contributed by atoms with Crippen molar-refractivity contribution in [1.29, 1.82) is 0 Å². The van der Waals surface area contributed by atoms with Gasteiger partial charge in [0.25, 0.3) is 0 Å². The van der Waals surface area contributed by atoms with Gasteiger partial charge in [-0.25, -0.2) is 0 Å². The van der Waals surface area contributed by atoms with Crippen molar-refractivity contribution in [3.05, 3.63) is 0 Å². The Morgan fingerprint density at radius 3 is 2.24 bits per heavy atom. The Hall–Kier alpha value is -0.610. The van der Waals surface area contributed by atoms with Crippen molar-refractivity contribution in [3.63, 3.8) is 0 Å². The molecule has 1 amide bonds. The topological polar surface area (TPSA) is 61.4 Å². The zero-order chi connectivity index (χ0) is 13.5. The fraction of sp³-hybridized carbons (Fsp3) is 0.923. The molecule has 0 saturated carbocycles. The molecule has 17 heavy (non-hydrogen) atoms. The monoisotopic (exact) mass is 244 g/mol. The summed E-state index contributed by atoms with van der Waals surface area (Å²) in [6.07, 6.45) is 2.54. The Morgan fingerprint density at radius 1 is 1.29 bits per heavy atom. The average Bonchev–Trinajstić information content (AvgIpc) is 2.24. The van der Waals surface area contributed by atoms with Crippen molar-refractivity contribution in [1.82, 2.24) is 10.6 Å². The highest BCUT2D eigenvalue weighted by atomic mass is 16.3. The van der Waals surface area contributed by atoms with Gasteiger partial charge in [0.2, 0.25) is 5.91 Å². The summed E-state index contributed by atoms with van der Waals surface area (Å²) in [6.45, 7) is 10.1. The first kappa shape index (κ1) is 16.4. The van der Waals surface area contributed by atoms with Crippen LogP contribution in [-0.2, 0) is 4.79 Å². The van der Waals surface area contributed by atoms with Crippen molar-refractivity contribution in [3.8, 4) is 0 Å². The second-order valence-corrected chi connectivity index (χ2v) is 5.25. The lowest BCUT2D eigenvalue weighted by Crippen LogP contribution is -2.53. The Labute approximate surface area is 105 Å². The van der Waals surface area contributed by atoms with E-state index in [-0.39, 0.29) is 30.1 Å². The van der Waals surface area contributed by atoms with E-state index in [1.54, 1.807) is 0 Å². The van der Waals surface area contributed by atoms with Gasteiger partial charge >= 0.3 is 0 Å². The first-order valence-electron chi connectivity index (χ1n) is 6.55. The van der Waals surface area contributed by atoms with Crippen LogP contribution < -0.4 is 10.6 Å². The highest BCUT2D eigenvalue weighted by Gasteiger charge is 2.23. The Kier molecular flexibility index (Phi) is 7.39. The standard InChI is InChI=1S/C13H28N2O2/c1-6-11(7-2)14-12(17)10(3)15-13(4,5)8-9-16/h10-11,15-16H,6-9H2,1-5H3,(H,14,17). The van der Waals surface area contributed by atoms with Crippen LogP contribution in [0.5, 0.6) is 0 Å². The highest BCUT2D eigenvalue weighted by molar-refractivity contribution is 5.81. The largest absolute Gasteiger partial charge is 0.396 e. The predicted octanol–water partition coefficient (Wildman–Crippen LogP) is 1.43. The third-order valence-electron chi connectivity index (χ3n) is 3.07. The van der Waals surface area contributed by atoms with Crippen LogP contribution in [0.3, 0.4) is 0 Å². The number of aliphatic hydroxyl groups is 1. The number of amides is 1. The Morgan fingerprint density at radius 2 is 1.82 bits per heavy atom. The predicted molar refractivity (Wildman–Crippen MR) is 70.9 cm³/mol. The summed E-state index contributed by atoms with van der Waals surface area (Å²) in [5, 5.41) is 15.2. The second-order valence-electron chi connectivity index (χ2n) is 5.25. The zero-order valence-corrected chi connectivity index (χ0v) is 11.8. The third-order valence-corrected chi connectivity index (χ3v) is 3.07. The molecule has 1 atom stereocenters. The third kappa shape index (κ3) is 6.64. The first-order chi connectivity index (χ1) is 7.86. The van der Waals surface area contributed by atoms with E-state index in [2.05, 4.69) is 24.5 Å². The Balaban J connectivity index is 4.21. The molecule has 0 radical (unpaired) electrons. The average molecular weight is 244 g/mol. The molecule has 0 saturated heterocycles. The molecule has 4 nitrogen and oxygen atoms in total. The maximum Gasteiger partial charge on any atom is 0.237 e. The molecule has 102 valence electrons. The summed E-state index contributed by atoms with van der Waals surface area (Å²) in [5.74, 6) is 0.0321. The maximum absolute atomic E-state index is 11.9. The van der Waals surface area contributed by atoms with Gasteiger partial charge in [-0.1, -0.05) is 13.8 Å². The summed E-state index contributed by atoms with van der Waals surface area (Å²) < 4.78 is 0. The van der Waals surface area contributed by atoms with Crippen LogP contribution in [0, 0.1) is 0 Å². The van der Waals surface area contributed by atoms with Crippen LogP contribution >= 0.6 is 0 Å². The molecule has 4 heteroatoms. The van der Waals surface area contributed by atoms with Crippen molar-refractivity contribution >= 4 is 5.91 Å². The summed E-state index contributed by atoms with van der Waals surface area (Å²) in [7, 11) is 0. The first-order valence-corrected chi connectivity index (χ1v) is 6.55. The number of carbonyl (C=O) groups is 1. The molecular weight excluding hydrogens is 216 g/mol. The molecule has 0 bridgehead atoms. The number of hydrogen-bond acceptors (Lipinski definition) is 3. The van der Waals surface area contributed by atoms with Crippen molar-refractivity contribution in [2.45, 2.75) is 71.5 Å². The molecule has 0 aliphatic heterocycles. The van der Waals surface area contributed by atoms with Gasteiger partial charge in [0.15, 0.2) is 0 Å². The summed E-state index contributed by atoms with van der Waals surface area (Å²) in [4.78, 5) is 11.9. The summed E-state index contributed by atoms with van der Waals surface area (Å²) >= 11 is 0. The van der Waals surface area contributed by atoms with Crippen LogP contribution in [0.4, 0.5) is 0 Å². The van der Waals surface area contributed by atoms with Gasteiger partial charge in [-0.15, -0.1) is 0 Å². The van der Waals surface area contributed by atoms with E-state index in [1.165, 1.54) is 0 Å². The molecule has 1 unspecified atom stereocenters. The van der Waals surface area contributed by atoms with E-state index in [0.29, 0.717) is 6.42 Å². The normalized spacial score (nSPS) is 13.8.